The van der Waals surface area contributed by atoms with Gasteiger partial charge in [-0.3, -0.25) is 4.79 Å². The Morgan fingerprint density at radius 3 is 2.57 bits per heavy atom. The van der Waals surface area contributed by atoms with Crippen LogP contribution in [-0.4, -0.2) is 25.7 Å². The van der Waals surface area contributed by atoms with E-state index < -0.39 is 0 Å². The lowest BCUT2D eigenvalue weighted by Crippen LogP contribution is -2.20. The quantitative estimate of drug-likeness (QED) is 0.492. The zero-order chi connectivity index (χ0) is 20.8. The van der Waals surface area contributed by atoms with Gasteiger partial charge in [0, 0.05) is 24.1 Å². The van der Waals surface area contributed by atoms with Gasteiger partial charge in [-0.2, -0.15) is 5.10 Å². The van der Waals surface area contributed by atoms with Crippen LogP contribution in [0.2, 0.25) is 0 Å². The molecule has 0 spiro atoms. The zero-order valence-corrected chi connectivity index (χ0v) is 16.5. The molecule has 0 aliphatic heterocycles. The maximum absolute atomic E-state index is 12.7. The highest BCUT2D eigenvalue weighted by atomic mass is 16.5. The number of amides is 1. The summed E-state index contributed by atoms with van der Waals surface area (Å²) in [4.78, 5) is 21.0. The van der Waals surface area contributed by atoms with E-state index in [2.05, 4.69) is 20.4 Å². The summed E-state index contributed by atoms with van der Waals surface area (Å²) in [7, 11) is 0. The summed E-state index contributed by atoms with van der Waals surface area (Å²) < 4.78 is 7.44. The maximum atomic E-state index is 12.7. The minimum atomic E-state index is -0.191. The van der Waals surface area contributed by atoms with Crippen LogP contribution in [0.15, 0.2) is 85.5 Å². The summed E-state index contributed by atoms with van der Waals surface area (Å²) in [5.41, 5.74) is 1.72. The van der Waals surface area contributed by atoms with Gasteiger partial charge >= 0.3 is 0 Å². The molecule has 0 aliphatic carbocycles. The van der Waals surface area contributed by atoms with Gasteiger partial charge in [0.15, 0.2) is 5.82 Å². The molecule has 30 heavy (non-hydrogen) atoms. The van der Waals surface area contributed by atoms with Crippen molar-refractivity contribution in [3.8, 4) is 17.4 Å². The van der Waals surface area contributed by atoms with Crippen molar-refractivity contribution in [3.63, 3.8) is 0 Å². The van der Waals surface area contributed by atoms with E-state index in [1.54, 1.807) is 47.4 Å². The molecule has 0 saturated heterocycles. The van der Waals surface area contributed by atoms with Gasteiger partial charge in [0.2, 0.25) is 11.8 Å². The lowest BCUT2D eigenvalue weighted by molar-refractivity contribution is -0.117. The van der Waals surface area contributed by atoms with Gasteiger partial charge in [-0.15, -0.1) is 0 Å². The lowest BCUT2D eigenvalue weighted by Gasteiger charge is -2.15. The third kappa shape index (κ3) is 4.52. The first kappa shape index (κ1) is 19.3. The number of benzene rings is 2. The Kier molecular flexibility index (Phi) is 5.80. The number of hydrogen-bond donors (Lipinski definition) is 1. The molecule has 2 aromatic carbocycles. The second-order valence-electron chi connectivity index (χ2n) is 6.65. The highest BCUT2D eigenvalue weighted by Gasteiger charge is 2.18. The summed E-state index contributed by atoms with van der Waals surface area (Å²) in [5.74, 6) is 1.40. The Morgan fingerprint density at radius 2 is 1.87 bits per heavy atom. The zero-order valence-electron chi connectivity index (χ0n) is 16.5. The number of aromatic nitrogens is 4. The molecule has 0 radical (unpaired) electrons. The van der Waals surface area contributed by atoms with Crippen LogP contribution >= 0.6 is 0 Å². The Balaban J connectivity index is 1.42. The number of nitrogens with zero attached hydrogens (tertiary/aromatic N) is 4. The first-order valence-electron chi connectivity index (χ1n) is 9.68. The minimum Gasteiger partial charge on any atom is -0.439 e. The highest BCUT2D eigenvalue weighted by molar-refractivity contribution is 5.95. The predicted molar refractivity (Wildman–Crippen MR) is 114 cm³/mol. The van der Waals surface area contributed by atoms with Crippen molar-refractivity contribution >= 4 is 11.6 Å². The van der Waals surface area contributed by atoms with E-state index in [0.29, 0.717) is 23.1 Å². The van der Waals surface area contributed by atoms with Crippen molar-refractivity contribution < 1.29 is 9.53 Å². The standard InChI is InChI=1S/C23H21N5O2/c1-2-20(17-7-4-3-5-8-17)23(29)27-18-9-11-19(12-10-18)30-22-15-21(24-16-25-22)28-14-6-13-26-28/h3-16,20H,2H2,1H3,(H,27,29). The van der Waals surface area contributed by atoms with E-state index >= 15 is 0 Å². The van der Waals surface area contributed by atoms with Crippen LogP contribution in [0, 0.1) is 0 Å². The molecule has 150 valence electrons. The topological polar surface area (TPSA) is 81.9 Å². The molecule has 0 saturated carbocycles. The second-order valence-corrected chi connectivity index (χ2v) is 6.65. The number of carbonyl (C=O) groups is 1. The van der Waals surface area contributed by atoms with E-state index in [0.717, 1.165) is 12.0 Å². The second kappa shape index (κ2) is 9.00. The molecular formula is C23H21N5O2. The third-order valence-electron chi connectivity index (χ3n) is 4.64. The van der Waals surface area contributed by atoms with Gasteiger partial charge in [0.25, 0.3) is 0 Å². The summed E-state index contributed by atoms with van der Waals surface area (Å²) in [6, 6.07) is 20.5. The van der Waals surface area contributed by atoms with Crippen LogP contribution in [0.1, 0.15) is 24.8 Å². The molecule has 0 bridgehead atoms. The fourth-order valence-corrected chi connectivity index (χ4v) is 3.13. The summed E-state index contributed by atoms with van der Waals surface area (Å²) in [5, 5.41) is 7.13. The van der Waals surface area contributed by atoms with Crippen molar-refractivity contribution in [2.45, 2.75) is 19.3 Å². The molecule has 1 amide bonds. The number of anilines is 1. The van der Waals surface area contributed by atoms with Crippen LogP contribution in [0.3, 0.4) is 0 Å². The number of carbonyl (C=O) groups excluding carboxylic acids is 1. The van der Waals surface area contributed by atoms with Gasteiger partial charge in [-0.1, -0.05) is 37.3 Å². The van der Waals surface area contributed by atoms with Crippen molar-refractivity contribution in [2.75, 3.05) is 5.32 Å². The molecule has 7 nitrogen and oxygen atoms in total. The molecule has 1 N–H and O–H groups in total. The molecular weight excluding hydrogens is 378 g/mol. The fraction of sp³-hybridized carbons (Fsp3) is 0.130. The first-order chi connectivity index (χ1) is 14.7. The van der Waals surface area contributed by atoms with Crippen LogP contribution in [0.5, 0.6) is 11.6 Å². The summed E-state index contributed by atoms with van der Waals surface area (Å²) >= 11 is 0. The van der Waals surface area contributed by atoms with E-state index in [-0.39, 0.29) is 11.8 Å². The van der Waals surface area contributed by atoms with Crippen LogP contribution in [-0.2, 0) is 4.79 Å². The van der Waals surface area contributed by atoms with E-state index in [4.69, 9.17) is 4.74 Å². The van der Waals surface area contributed by atoms with Crippen LogP contribution < -0.4 is 10.1 Å². The summed E-state index contributed by atoms with van der Waals surface area (Å²) in [6.07, 6.45) is 5.62. The third-order valence-corrected chi connectivity index (χ3v) is 4.64. The Labute approximate surface area is 174 Å². The molecule has 1 unspecified atom stereocenters. The van der Waals surface area contributed by atoms with E-state index in [9.17, 15) is 4.79 Å². The number of nitrogens with one attached hydrogen (secondary N) is 1. The normalized spacial score (nSPS) is 11.6. The number of rotatable bonds is 7. The van der Waals surface area contributed by atoms with Crippen LogP contribution in [0.4, 0.5) is 5.69 Å². The largest absolute Gasteiger partial charge is 0.439 e. The van der Waals surface area contributed by atoms with Gasteiger partial charge in [0.1, 0.15) is 12.1 Å². The SMILES string of the molecule is CCC(C(=O)Nc1ccc(Oc2cc(-n3cccn3)ncn2)cc1)c1ccccc1. The highest BCUT2D eigenvalue weighted by Crippen LogP contribution is 2.24. The lowest BCUT2D eigenvalue weighted by atomic mass is 9.95. The number of hydrogen-bond acceptors (Lipinski definition) is 5. The van der Waals surface area contributed by atoms with Crippen molar-refractivity contribution in [2.24, 2.45) is 0 Å². The van der Waals surface area contributed by atoms with Crippen molar-refractivity contribution in [1.82, 2.24) is 19.7 Å². The Morgan fingerprint density at radius 1 is 1.07 bits per heavy atom. The predicted octanol–water partition coefficient (Wildman–Crippen LogP) is 4.59. The monoisotopic (exact) mass is 399 g/mol. The molecule has 4 rings (SSSR count). The van der Waals surface area contributed by atoms with Crippen molar-refractivity contribution in [1.29, 1.82) is 0 Å². The molecule has 0 fully saturated rings. The van der Waals surface area contributed by atoms with Crippen LogP contribution in [0.25, 0.3) is 5.82 Å². The molecule has 7 heteroatoms. The van der Waals surface area contributed by atoms with E-state index in [1.165, 1.54) is 6.33 Å². The Bertz CT molecular complexity index is 1100. The first-order valence-corrected chi connectivity index (χ1v) is 9.68. The fourth-order valence-electron chi connectivity index (χ4n) is 3.13. The van der Waals surface area contributed by atoms with Gasteiger partial charge in [-0.05, 0) is 42.3 Å². The molecule has 1 atom stereocenters. The van der Waals surface area contributed by atoms with Gasteiger partial charge in [0.05, 0.1) is 5.92 Å². The molecule has 2 aromatic heterocycles. The minimum absolute atomic E-state index is 0.0305. The van der Waals surface area contributed by atoms with E-state index in [1.807, 2.05) is 43.3 Å². The van der Waals surface area contributed by atoms with Gasteiger partial charge < -0.3 is 10.1 Å². The maximum Gasteiger partial charge on any atom is 0.231 e. The van der Waals surface area contributed by atoms with Gasteiger partial charge in [-0.25, -0.2) is 14.6 Å². The average Bonchev–Trinajstić information content (AvgIpc) is 3.32. The van der Waals surface area contributed by atoms with Crippen molar-refractivity contribution in [3.05, 3.63) is 91.0 Å². The smallest absolute Gasteiger partial charge is 0.231 e. The number of ether oxygens (including phenoxy) is 1. The average molecular weight is 399 g/mol. The summed E-state index contributed by atoms with van der Waals surface area (Å²) in [6.45, 7) is 2.01. The molecule has 4 aromatic rings. The Hall–Kier alpha value is -4.00. The molecule has 2 heterocycles. The molecule has 0 aliphatic rings.